The molecule has 1 amide bonds. The van der Waals surface area contributed by atoms with E-state index in [0.717, 1.165) is 6.92 Å². The lowest BCUT2D eigenvalue weighted by molar-refractivity contribution is -0.205. The molecule has 0 saturated carbocycles. The summed E-state index contributed by atoms with van der Waals surface area (Å²) in [6.45, 7) is 9.41. The van der Waals surface area contributed by atoms with E-state index in [9.17, 15) is 23.1 Å². The van der Waals surface area contributed by atoms with Crippen LogP contribution in [0.4, 0.5) is 18.0 Å². The summed E-state index contributed by atoms with van der Waals surface area (Å²) in [4.78, 5) is 13.2. The maximum Gasteiger partial charge on any atom is 0.425 e. The Balaban J connectivity index is 2.53. The van der Waals surface area contributed by atoms with Gasteiger partial charge in [0.15, 0.2) is 12.0 Å². The summed E-state index contributed by atoms with van der Waals surface area (Å²) in [5.74, 6) is -0.315. The van der Waals surface area contributed by atoms with Crippen LogP contribution in [0.15, 0.2) is 12.5 Å². The van der Waals surface area contributed by atoms with Crippen molar-refractivity contribution in [2.45, 2.75) is 57.7 Å². The van der Waals surface area contributed by atoms with Crippen LogP contribution in [0.5, 0.6) is 0 Å². The molecule has 0 bridgehead atoms. The largest absolute Gasteiger partial charge is 0.467 e. The molecule has 9 heteroatoms. The molecule has 1 aliphatic rings. The van der Waals surface area contributed by atoms with Gasteiger partial charge in [0.2, 0.25) is 0 Å². The lowest BCUT2D eigenvalue weighted by Crippen LogP contribution is -2.41. The Kier molecular flexibility index (Phi) is 5.79. The average Bonchev–Trinajstić information content (AvgIpc) is 2.67. The minimum Gasteiger partial charge on any atom is -0.467 e. The number of rotatable bonds is 4. The Morgan fingerprint density at radius 3 is 2.39 bits per heavy atom. The van der Waals surface area contributed by atoms with Gasteiger partial charge in [0.05, 0.1) is 18.7 Å². The molecule has 1 aliphatic heterocycles. The maximum absolute atomic E-state index is 12.4. The Morgan fingerprint density at radius 1 is 1.35 bits per heavy atom. The van der Waals surface area contributed by atoms with Crippen LogP contribution in [0, 0.1) is 0 Å². The van der Waals surface area contributed by atoms with Crippen molar-refractivity contribution in [3.05, 3.63) is 12.5 Å². The van der Waals surface area contributed by atoms with Crippen LogP contribution >= 0.6 is 0 Å². The first-order valence-corrected chi connectivity index (χ1v) is 7.14. The van der Waals surface area contributed by atoms with Gasteiger partial charge in [0.1, 0.15) is 5.60 Å². The molecule has 2 N–H and O–H groups in total. The van der Waals surface area contributed by atoms with Crippen molar-refractivity contribution in [3.63, 3.8) is 0 Å². The number of β-amino-alcohol motifs (C(OH)–C–C–N with tert-alkyl or cyclic N) is 1. The van der Waals surface area contributed by atoms with E-state index < -0.39 is 36.1 Å². The Bertz CT molecular complexity index is 448. The predicted molar refractivity (Wildman–Crippen MR) is 76.5 cm³/mol. The second-order valence-corrected chi connectivity index (χ2v) is 6.43. The lowest BCUT2D eigenvalue weighted by Gasteiger charge is -2.25. The fraction of sp³-hybridized carbons (Fsp3) is 0.786. The van der Waals surface area contributed by atoms with Gasteiger partial charge in [0.25, 0.3) is 0 Å². The zero-order valence-corrected chi connectivity index (χ0v) is 13.6. The molecule has 3 atom stereocenters. The first-order chi connectivity index (χ1) is 10.3. The van der Waals surface area contributed by atoms with Crippen LogP contribution in [0.3, 0.4) is 0 Å². The van der Waals surface area contributed by atoms with Crippen molar-refractivity contribution >= 4 is 6.09 Å². The summed E-state index contributed by atoms with van der Waals surface area (Å²) in [6.07, 6.45) is -8.11. The van der Waals surface area contributed by atoms with Gasteiger partial charge in [-0.1, -0.05) is 0 Å². The summed E-state index contributed by atoms with van der Waals surface area (Å²) in [7, 11) is 0. The minimum absolute atomic E-state index is 0.00862. The molecule has 0 unspecified atom stereocenters. The second-order valence-electron chi connectivity index (χ2n) is 6.43. The number of nitrogens with one attached hydrogen (secondary N) is 1. The number of nitrogens with zero attached hydrogens (tertiary/aromatic N) is 1. The molecule has 1 rings (SSSR count). The maximum atomic E-state index is 12.4. The van der Waals surface area contributed by atoms with Gasteiger partial charge in [-0.2, -0.15) is 13.2 Å². The number of halogens is 3. The molecule has 1 saturated heterocycles. The third-order valence-corrected chi connectivity index (χ3v) is 3.07. The molecular weight excluding hydrogens is 317 g/mol. The summed E-state index contributed by atoms with van der Waals surface area (Å²) < 4.78 is 47.0. The molecule has 134 valence electrons. The number of likely N-dealkylation sites (tertiary alicyclic amines) is 1. The quantitative estimate of drug-likeness (QED) is 0.766. The van der Waals surface area contributed by atoms with Gasteiger partial charge < -0.3 is 24.8 Å². The molecule has 6 nitrogen and oxygen atoms in total. The Labute approximate surface area is 133 Å². The highest BCUT2D eigenvalue weighted by molar-refractivity contribution is 5.68. The highest BCUT2D eigenvalue weighted by Crippen LogP contribution is 2.24. The van der Waals surface area contributed by atoms with E-state index >= 15 is 0 Å². The topological polar surface area (TPSA) is 71.0 Å². The fourth-order valence-corrected chi connectivity index (χ4v) is 1.93. The first-order valence-electron chi connectivity index (χ1n) is 7.14. The van der Waals surface area contributed by atoms with Gasteiger partial charge in [-0.15, -0.1) is 0 Å². The SMILES string of the molecule is C=C(N[C@@H]1CN(C(=O)OC(C)(C)C)C[C@H]1O)O[C@@H](C)C(F)(F)F. The molecule has 0 radical (unpaired) electrons. The van der Waals surface area contributed by atoms with Gasteiger partial charge in [-0.25, -0.2) is 4.79 Å². The number of ether oxygens (including phenoxy) is 2. The minimum atomic E-state index is -4.51. The molecular formula is C14H23F3N2O4. The number of alkyl halides is 3. The first kappa shape index (κ1) is 19.4. The molecule has 23 heavy (non-hydrogen) atoms. The van der Waals surface area contributed by atoms with Crippen LogP contribution < -0.4 is 5.32 Å². The molecule has 0 aromatic carbocycles. The number of aliphatic hydroxyl groups excluding tert-OH is 1. The van der Waals surface area contributed by atoms with E-state index in [4.69, 9.17) is 4.74 Å². The van der Waals surface area contributed by atoms with Gasteiger partial charge in [0, 0.05) is 6.54 Å². The van der Waals surface area contributed by atoms with Crippen molar-refractivity contribution in [3.8, 4) is 0 Å². The third kappa shape index (κ3) is 6.17. The summed E-state index contributed by atoms with van der Waals surface area (Å²) in [5.41, 5.74) is -0.678. The third-order valence-electron chi connectivity index (χ3n) is 3.07. The smallest absolute Gasteiger partial charge is 0.425 e. The van der Waals surface area contributed by atoms with Gasteiger partial charge in [-0.3, -0.25) is 0 Å². The highest BCUT2D eigenvalue weighted by Gasteiger charge is 2.40. The average molecular weight is 340 g/mol. The van der Waals surface area contributed by atoms with Crippen LogP contribution in [0.25, 0.3) is 0 Å². The van der Waals surface area contributed by atoms with Crippen molar-refractivity contribution in [2.24, 2.45) is 0 Å². The Hall–Kier alpha value is -1.64. The van der Waals surface area contributed by atoms with Crippen molar-refractivity contribution < 1.29 is 32.5 Å². The van der Waals surface area contributed by atoms with E-state index in [-0.39, 0.29) is 19.0 Å². The number of aliphatic hydroxyl groups is 1. The predicted octanol–water partition coefficient (Wildman–Crippen LogP) is 1.99. The van der Waals surface area contributed by atoms with Crippen LogP contribution in [-0.4, -0.2) is 59.2 Å². The van der Waals surface area contributed by atoms with Crippen LogP contribution in [0.1, 0.15) is 27.7 Å². The number of carbonyl (C=O) groups is 1. The molecule has 1 fully saturated rings. The molecule has 0 aromatic heterocycles. The number of hydrogen-bond donors (Lipinski definition) is 2. The highest BCUT2D eigenvalue weighted by atomic mass is 19.4. The zero-order chi connectivity index (χ0) is 18.0. The molecule has 1 heterocycles. The number of carbonyl (C=O) groups excluding carboxylic acids is 1. The van der Waals surface area contributed by atoms with Gasteiger partial charge in [-0.05, 0) is 34.3 Å². The van der Waals surface area contributed by atoms with E-state index in [2.05, 4.69) is 16.6 Å². The van der Waals surface area contributed by atoms with Gasteiger partial charge >= 0.3 is 12.3 Å². The normalized spacial score (nSPS) is 23.4. The summed E-state index contributed by atoms with van der Waals surface area (Å²) in [5, 5.41) is 12.5. The molecule has 0 aliphatic carbocycles. The van der Waals surface area contributed by atoms with E-state index in [1.165, 1.54) is 4.90 Å². The van der Waals surface area contributed by atoms with E-state index in [1.54, 1.807) is 20.8 Å². The number of amides is 1. The van der Waals surface area contributed by atoms with Crippen molar-refractivity contribution in [2.75, 3.05) is 13.1 Å². The Morgan fingerprint density at radius 2 is 1.91 bits per heavy atom. The number of hydrogen-bond acceptors (Lipinski definition) is 5. The zero-order valence-electron chi connectivity index (χ0n) is 13.6. The summed E-state index contributed by atoms with van der Waals surface area (Å²) >= 11 is 0. The standard InChI is InChI=1S/C14H23F3N2O4/c1-8(14(15,16)17)22-9(2)18-10-6-19(7-11(10)20)12(21)23-13(3,4)5/h8,10-11,18,20H,2,6-7H2,1,3-5H3/t8-,10+,11+/m0/s1. The van der Waals surface area contributed by atoms with E-state index in [0.29, 0.717) is 0 Å². The summed E-state index contributed by atoms with van der Waals surface area (Å²) in [6, 6.07) is -0.685. The molecule has 0 spiro atoms. The molecule has 0 aromatic rings. The second kappa shape index (κ2) is 6.86. The van der Waals surface area contributed by atoms with Crippen LogP contribution in [0.2, 0.25) is 0 Å². The lowest BCUT2D eigenvalue weighted by atomic mass is 10.2. The van der Waals surface area contributed by atoms with E-state index in [1.807, 2.05) is 0 Å². The van der Waals surface area contributed by atoms with Crippen LogP contribution in [-0.2, 0) is 9.47 Å². The van der Waals surface area contributed by atoms with Crippen molar-refractivity contribution in [1.29, 1.82) is 0 Å². The fourth-order valence-electron chi connectivity index (χ4n) is 1.93. The monoisotopic (exact) mass is 340 g/mol. The van der Waals surface area contributed by atoms with Crippen molar-refractivity contribution in [1.82, 2.24) is 10.2 Å².